The van der Waals surface area contributed by atoms with Crippen LogP contribution in [0.3, 0.4) is 0 Å². The second-order valence-corrected chi connectivity index (χ2v) is 7.50. The molecule has 118 valence electrons. The van der Waals surface area contributed by atoms with Gasteiger partial charge in [0.25, 0.3) is 0 Å². The number of hydrogen-bond acceptors (Lipinski definition) is 3. The lowest BCUT2D eigenvalue weighted by Gasteiger charge is -2.26. The quantitative estimate of drug-likeness (QED) is 0.793. The lowest BCUT2D eigenvalue weighted by molar-refractivity contribution is 0.159. The van der Waals surface area contributed by atoms with Crippen molar-refractivity contribution in [3.05, 3.63) is 41.5 Å². The van der Waals surface area contributed by atoms with Crippen molar-refractivity contribution in [3.63, 3.8) is 0 Å². The van der Waals surface area contributed by atoms with Crippen molar-refractivity contribution in [3.8, 4) is 0 Å². The molecule has 0 aromatic heterocycles. The third kappa shape index (κ3) is 4.15. The molecule has 0 saturated heterocycles. The van der Waals surface area contributed by atoms with Gasteiger partial charge in [-0.1, -0.05) is 37.6 Å². The molecule has 0 amide bonds. The zero-order chi connectivity index (χ0) is 16.4. The molecule has 0 fully saturated rings. The van der Waals surface area contributed by atoms with Crippen LogP contribution in [0.2, 0.25) is 0 Å². The third-order valence-electron chi connectivity index (χ3n) is 3.49. The molecule has 5 heteroatoms. The van der Waals surface area contributed by atoms with E-state index >= 15 is 0 Å². The molecule has 0 aliphatic rings. The van der Waals surface area contributed by atoms with Crippen LogP contribution in [0.5, 0.6) is 0 Å². The molecule has 0 aliphatic carbocycles. The molecule has 4 nitrogen and oxygen atoms in total. The molecule has 0 bridgehead atoms. The Balaban J connectivity index is 3.26. The fourth-order valence-corrected chi connectivity index (χ4v) is 4.43. The van der Waals surface area contributed by atoms with Gasteiger partial charge >= 0.3 is 0 Å². The molecule has 0 aliphatic heterocycles. The van der Waals surface area contributed by atoms with Crippen molar-refractivity contribution >= 4 is 10.0 Å². The van der Waals surface area contributed by atoms with E-state index < -0.39 is 22.2 Å². The van der Waals surface area contributed by atoms with E-state index in [2.05, 4.69) is 11.3 Å². The molecule has 1 aromatic rings. The summed E-state index contributed by atoms with van der Waals surface area (Å²) in [7, 11) is -3.70. The minimum atomic E-state index is -3.70. The smallest absolute Gasteiger partial charge is 0.241 e. The lowest BCUT2D eigenvalue weighted by atomic mass is 10.00. The highest BCUT2D eigenvalue weighted by atomic mass is 32.2. The average molecular weight is 311 g/mol. The van der Waals surface area contributed by atoms with Gasteiger partial charge in [0.15, 0.2) is 0 Å². The van der Waals surface area contributed by atoms with Crippen LogP contribution in [-0.4, -0.2) is 25.7 Å². The van der Waals surface area contributed by atoms with E-state index in [0.717, 1.165) is 5.56 Å². The summed E-state index contributed by atoms with van der Waals surface area (Å²) >= 11 is 0. The van der Waals surface area contributed by atoms with E-state index in [4.69, 9.17) is 0 Å². The first-order valence-corrected chi connectivity index (χ1v) is 8.49. The maximum atomic E-state index is 12.7. The Bertz CT molecular complexity index is 597. The van der Waals surface area contributed by atoms with E-state index in [-0.39, 0.29) is 10.8 Å². The maximum absolute atomic E-state index is 12.7. The first-order chi connectivity index (χ1) is 9.60. The average Bonchev–Trinajstić information content (AvgIpc) is 2.33. The van der Waals surface area contributed by atoms with E-state index in [1.54, 1.807) is 13.8 Å². The zero-order valence-electron chi connectivity index (χ0n) is 13.3. The van der Waals surface area contributed by atoms with Crippen molar-refractivity contribution in [2.45, 2.75) is 51.7 Å². The number of nitrogens with one attached hydrogen (secondary N) is 1. The summed E-state index contributed by atoms with van der Waals surface area (Å²) in [5.74, 6) is -0.0566. The van der Waals surface area contributed by atoms with Crippen LogP contribution >= 0.6 is 0 Å². The van der Waals surface area contributed by atoms with Crippen molar-refractivity contribution < 1.29 is 13.5 Å². The molecular formula is C16H25NO3S. The minimum absolute atomic E-state index is 0.0566. The number of aryl methyl sites for hydroxylation is 3. The van der Waals surface area contributed by atoms with Gasteiger partial charge in [-0.3, -0.25) is 0 Å². The highest BCUT2D eigenvalue weighted by molar-refractivity contribution is 7.89. The summed E-state index contributed by atoms with van der Waals surface area (Å²) in [5.41, 5.74) is 2.43. The van der Waals surface area contributed by atoms with Crippen LogP contribution in [0.1, 0.15) is 30.5 Å². The van der Waals surface area contributed by atoms with Crippen LogP contribution in [0, 0.1) is 26.7 Å². The molecule has 2 atom stereocenters. The van der Waals surface area contributed by atoms with Crippen LogP contribution in [0.15, 0.2) is 29.7 Å². The number of sulfonamides is 1. The maximum Gasteiger partial charge on any atom is 0.241 e. The van der Waals surface area contributed by atoms with Crippen LogP contribution in [0.4, 0.5) is 0 Å². The van der Waals surface area contributed by atoms with Crippen molar-refractivity contribution in [1.29, 1.82) is 0 Å². The Kier molecular flexibility index (Phi) is 5.73. The van der Waals surface area contributed by atoms with Crippen molar-refractivity contribution in [2.75, 3.05) is 0 Å². The topological polar surface area (TPSA) is 66.4 Å². The van der Waals surface area contributed by atoms with Crippen molar-refractivity contribution in [2.24, 2.45) is 5.92 Å². The van der Waals surface area contributed by atoms with E-state index in [9.17, 15) is 13.5 Å². The van der Waals surface area contributed by atoms with Gasteiger partial charge in [0.2, 0.25) is 10.0 Å². The SMILES string of the molecule is C=C[C@H](O)[C@@H](NS(=O)(=O)c1c(C)cc(C)cc1C)C(C)C. The standard InChI is InChI=1S/C16H25NO3S/c1-7-14(18)15(10(2)3)17-21(19,20)16-12(5)8-11(4)9-13(16)6/h7-10,14-15,17-18H,1H2,2-6H3/t14-,15-/m0/s1. The predicted molar refractivity (Wildman–Crippen MR) is 85.8 cm³/mol. The Morgan fingerprint density at radius 1 is 1.19 bits per heavy atom. The summed E-state index contributed by atoms with van der Waals surface area (Å²) in [6.07, 6.45) is 0.424. The molecule has 0 radical (unpaired) electrons. The summed E-state index contributed by atoms with van der Waals surface area (Å²) in [6.45, 7) is 12.7. The molecule has 0 heterocycles. The first kappa shape index (κ1) is 17.9. The van der Waals surface area contributed by atoms with Gasteiger partial charge in [-0.2, -0.15) is 0 Å². The summed E-state index contributed by atoms with van der Waals surface area (Å²) in [6, 6.07) is 3.08. The van der Waals surface area contributed by atoms with E-state index in [1.165, 1.54) is 6.08 Å². The van der Waals surface area contributed by atoms with Crippen LogP contribution < -0.4 is 4.72 Å². The zero-order valence-corrected chi connectivity index (χ0v) is 14.2. The number of benzene rings is 1. The highest BCUT2D eigenvalue weighted by Crippen LogP contribution is 2.23. The lowest BCUT2D eigenvalue weighted by Crippen LogP contribution is -2.46. The first-order valence-electron chi connectivity index (χ1n) is 7.01. The molecular weight excluding hydrogens is 286 g/mol. The summed E-state index contributed by atoms with van der Waals surface area (Å²) < 4.78 is 27.9. The normalized spacial score (nSPS) is 15.0. The van der Waals surface area contributed by atoms with Crippen LogP contribution in [-0.2, 0) is 10.0 Å². The molecule has 0 saturated carbocycles. The Morgan fingerprint density at radius 2 is 1.67 bits per heavy atom. The van der Waals surface area contributed by atoms with E-state index in [0.29, 0.717) is 11.1 Å². The third-order valence-corrected chi connectivity index (χ3v) is 5.26. The Labute approximate surface area is 127 Å². The van der Waals surface area contributed by atoms with Gasteiger partial charge in [-0.25, -0.2) is 13.1 Å². The second-order valence-electron chi connectivity index (χ2n) is 5.85. The predicted octanol–water partition coefficient (Wildman–Crippen LogP) is 2.46. The Morgan fingerprint density at radius 3 is 2.05 bits per heavy atom. The fourth-order valence-electron chi connectivity index (χ4n) is 2.58. The largest absolute Gasteiger partial charge is 0.387 e. The van der Waals surface area contributed by atoms with E-state index in [1.807, 2.05) is 32.9 Å². The van der Waals surface area contributed by atoms with Gasteiger partial charge in [-0.15, -0.1) is 6.58 Å². The Hall–Kier alpha value is -1.17. The highest BCUT2D eigenvalue weighted by Gasteiger charge is 2.28. The number of aliphatic hydroxyl groups excluding tert-OH is 1. The summed E-state index contributed by atoms with van der Waals surface area (Å²) in [5, 5.41) is 9.94. The summed E-state index contributed by atoms with van der Waals surface area (Å²) in [4.78, 5) is 0.287. The second kappa shape index (κ2) is 6.73. The fraction of sp³-hybridized carbons (Fsp3) is 0.500. The van der Waals surface area contributed by atoms with Crippen LogP contribution in [0.25, 0.3) is 0 Å². The van der Waals surface area contributed by atoms with Crippen molar-refractivity contribution in [1.82, 2.24) is 4.72 Å². The monoisotopic (exact) mass is 311 g/mol. The number of rotatable bonds is 6. The van der Waals surface area contributed by atoms with Gasteiger partial charge in [0.05, 0.1) is 17.0 Å². The number of hydrogen-bond donors (Lipinski definition) is 2. The van der Waals surface area contributed by atoms with Gasteiger partial charge in [0, 0.05) is 0 Å². The number of aliphatic hydroxyl groups is 1. The minimum Gasteiger partial charge on any atom is -0.387 e. The molecule has 1 rings (SSSR count). The molecule has 1 aromatic carbocycles. The molecule has 2 N–H and O–H groups in total. The van der Waals surface area contributed by atoms with Gasteiger partial charge in [0.1, 0.15) is 0 Å². The van der Waals surface area contributed by atoms with Gasteiger partial charge in [-0.05, 0) is 37.8 Å². The molecule has 21 heavy (non-hydrogen) atoms. The molecule has 0 spiro atoms. The molecule has 0 unspecified atom stereocenters. The van der Waals surface area contributed by atoms with Gasteiger partial charge < -0.3 is 5.11 Å².